The fraction of sp³-hybridized carbons (Fsp3) is 0.214. The van der Waals surface area contributed by atoms with Gasteiger partial charge in [0.2, 0.25) is 11.8 Å². The number of amides is 2. The van der Waals surface area contributed by atoms with Gasteiger partial charge < -0.3 is 10.6 Å². The molecule has 3 unspecified atom stereocenters. The summed E-state index contributed by atoms with van der Waals surface area (Å²) in [4.78, 5) is 24.7. The van der Waals surface area contributed by atoms with Crippen LogP contribution in [0, 0.1) is 5.92 Å². The van der Waals surface area contributed by atoms with E-state index in [2.05, 4.69) is 17.2 Å². The molecule has 0 aromatic heterocycles. The maximum Gasteiger partial charge on any atom is 0.264 e. The van der Waals surface area contributed by atoms with Crippen molar-refractivity contribution in [2.75, 3.05) is 16.2 Å². The molecule has 8 heteroatoms. The lowest BCUT2D eigenvalue weighted by Gasteiger charge is -2.35. The van der Waals surface area contributed by atoms with Crippen LogP contribution in [0.4, 0.5) is 11.4 Å². The predicted octanol–water partition coefficient (Wildman–Crippen LogP) is 4.37. The van der Waals surface area contributed by atoms with Gasteiger partial charge in [-0.2, -0.15) is 0 Å². The molecule has 2 aliphatic rings. The van der Waals surface area contributed by atoms with Crippen molar-refractivity contribution in [2.45, 2.75) is 29.7 Å². The highest BCUT2D eigenvalue weighted by atomic mass is 32.2. The van der Waals surface area contributed by atoms with Crippen molar-refractivity contribution in [2.24, 2.45) is 5.92 Å². The fourth-order valence-corrected chi connectivity index (χ4v) is 6.29. The van der Waals surface area contributed by atoms with E-state index in [0.29, 0.717) is 17.8 Å². The number of sulfonamides is 1. The fourth-order valence-electron chi connectivity index (χ4n) is 4.79. The van der Waals surface area contributed by atoms with E-state index in [9.17, 15) is 18.0 Å². The van der Waals surface area contributed by atoms with Crippen molar-refractivity contribution in [3.63, 3.8) is 0 Å². The molecule has 3 aromatic carbocycles. The number of benzene rings is 3. The van der Waals surface area contributed by atoms with Crippen LogP contribution in [0.15, 0.2) is 96.4 Å². The summed E-state index contributed by atoms with van der Waals surface area (Å²) >= 11 is 0. The van der Waals surface area contributed by atoms with Crippen LogP contribution in [0.5, 0.6) is 0 Å². The van der Waals surface area contributed by atoms with Crippen LogP contribution in [0.2, 0.25) is 0 Å². The monoisotopic (exact) mass is 501 g/mol. The third-order valence-corrected chi connectivity index (χ3v) is 8.60. The lowest BCUT2D eigenvalue weighted by Crippen LogP contribution is -2.40. The van der Waals surface area contributed by atoms with Gasteiger partial charge in [-0.1, -0.05) is 55.1 Å². The van der Waals surface area contributed by atoms with E-state index < -0.39 is 10.0 Å². The van der Waals surface area contributed by atoms with Crippen LogP contribution in [-0.2, 0) is 19.6 Å². The van der Waals surface area contributed by atoms with Gasteiger partial charge in [0.25, 0.3) is 10.0 Å². The molecule has 2 amide bonds. The molecule has 2 N–H and O–H groups in total. The third-order valence-electron chi connectivity index (χ3n) is 6.77. The molecule has 3 aromatic rings. The topological polar surface area (TPSA) is 95.6 Å². The summed E-state index contributed by atoms with van der Waals surface area (Å²) in [6.45, 7) is 3.71. The zero-order chi connectivity index (χ0) is 25.3. The normalized spacial score (nSPS) is 20.7. The molecule has 36 heavy (non-hydrogen) atoms. The quantitative estimate of drug-likeness (QED) is 0.470. The molecule has 0 saturated heterocycles. The van der Waals surface area contributed by atoms with E-state index >= 15 is 0 Å². The number of carbonyl (C=O) groups is 2. The van der Waals surface area contributed by atoms with Gasteiger partial charge in [-0.05, 0) is 66.3 Å². The Labute approximate surface area is 210 Å². The van der Waals surface area contributed by atoms with Crippen molar-refractivity contribution in [1.82, 2.24) is 5.32 Å². The second-order valence-corrected chi connectivity index (χ2v) is 10.9. The minimum atomic E-state index is -3.84. The average molecular weight is 502 g/mol. The van der Waals surface area contributed by atoms with Crippen molar-refractivity contribution in [1.29, 1.82) is 0 Å². The average Bonchev–Trinajstić information content (AvgIpc) is 3.71. The number of anilines is 2. The molecule has 7 nitrogen and oxygen atoms in total. The molecule has 0 spiro atoms. The summed E-state index contributed by atoms with van der Waals surface area (Å²) in [5.74, 6) is -0.206. The Morgan fingerprint density at radius 2 is 1.64 bits per heavy atom. The Hall–Kier alpha value is -3.91. The highest BCUT2D eigenvalue weighted by Gasteiger charge is 2.43. The van der Waals surface area contributed by atoms with E-state index in [4.69, 9.17) is 0 Å². The van der Waals surface area contributed by atoms with E-state index in [1.807, 2.05) is 42.5 Å². The molecule has 0 bridgehead atoms. The highest BCUT2D eigenvalue weighted by molar-refractivity contribution is 7.92. The number of fused-ring (bicyclic) bond motifs is 1. The molecule has 1 fully saturated rings. The second-order valence-electron chi connectivity index (χ2n) is 9.06. The van der Waals surface area contributed by atoms with Gasteiger partial charge in [0.05, 0.1) is 16.6 Å². The molecule has 1 saturated carbocycles. The summed E-state index contributed by atoms with van der Waals surface area (Å²) < 4.78 is 28.4. The highest BCUT2D eigenvalue weighted by Crippen LogP contribution is 2.48. The first-order valence-corrected chi connectivity index (χ1v) is 13.3. The van der Waals surface area contributed by atoms with Crippen LogP contribution in [0.25, 0.3) is 0 Å². The van der Waals surface area contributed by atoms with Crippen LogP contribution < -0.4 is 14.9 Å². The molecular weight excluding hydrogens is 474 g/mol. The number of hydrogen-bond acceptors (Lipinski definition) is 4. The van der Waals surface area contributed by atoms with Crippen LogP contribution in [0.1, 0.15) is 35.9 Å². The van der Waals surface area contributed by atoms with Gasteiger partial charge in [-0.25, -0.2) is 8.42 Å². The molecular formula is C28H27N3O4S. The number of rotatable bonds is 7. The number of nitrogens with one attached hydrogen (secondary N) is 2. The molecule has 5 rings (SSSR count). The van der Waals surface area contributed by atoms with Crippen molar-refractivity contribution >= 4 is 33.2 Å². The van der Waals surface area contributed by atoms with E-state index in [1.54, 1.807) is 24.3 Å². The zero-order valence-electron chi connectivity index (χ0n) is 19.6. The maximum atomic E-state index is 13.5. The third kappa shape index (κ3) is 4.64. The van der Waals surface area contributed by atoms with Gasteiger partial charge in [0, 0.05) is 18.2 Å². The van der Waals surface area contributed by atoms with Crippen LogP contribution in [0.3, 0.4) is 0 Å². The molecule has 184 valence electrons. The van der Waals surface area contributed by atoms with E-state index in [-0.39, 0.29) is 41.1 Å². The van der Waals surface area contributed by atoms with E-state index in [0.717, 1.165) is 17.5 Å². The number of carbonyl (C=O) groups excluding carboxylic acids is 2. The molecule has 1 heterocycles. The number of nitrogens with zero attached hydrogens (tertiary/aromatic N) is 1. The minimum absolute atomic E-state index is 0.0583. The first kappa shape index (κ1) is 23.8. The first-order chi connectivity index (χ1) is 17.4. The van der Waals surface area contributed by atoms with E-state index in [1.165, 1.54) is 22.5 Å². The van der Waals surface area contributed by atoms with Gasteiger partial charge >= 0.3 is 0 Å². The standard InChI is InChI=1S/C28H27N3O4S/c1-2-27(32)30-25-16-17-31(26-11-7-6-10-22(25)26)36(34,35)21-14-12-20(13-15-21)29-28(33)24-18-23(24)19-8-4-3-5-9-19/h2-15,23-25H,1,16-18H2,(H,29,33)(H,30,32). The summed E-state index contributed by atoms with van der Waals surface area (Å²) in [5.41, 5.74) is 3.00. The van der Waals surface area contributed by atoms with Crippen LogP contribution >= 0.6 is 0 Å². The lowest BCUT2D eigenvalue weighted by molar-refractivity contribution is -0.118. The van der Waals surface area contributed by atoms with Crippen molar-refractivity contribution in [3.8, 4) is 0 Å². The SMILES string of the molecule is C=CC(=O)NC1CCN(S(=O)(=O)c2ccc(NC(=O)C3CC3c3ccccc3)cc2)c2ccccc21. The zero-order valence-corrected chi connectivity index (χ0v) is 20.4. The maximum absolute atomic E-state index is 13.5. The number of hydrogen-bond donors (Lipinski definition) is 2. The number of para-hydroxylation sites is 1. The minimum Gasteiger partial charge on any atom is -0.346 e. The molecule has 0 radical (unpaired) electrons. The smallest absolute Gasteiger partial charge is 0.264 e. The Morgan fingerprint density at radius 3 is 2.36 bits per heavy atom. The summed E-state index contributed by atoms with van der Waals surface area (Å²) in [7, 11) is -3.84. The Morgan fingerprint density at radius 1 is 0.944 bits per heavy atom. The first-order valence-electron chi connectivity index (χ1n) is 11.9. The van der Waals surface area contributed by atoms with Crippen LogP contribution in [-0.4, -0.2) is 26.8 Å². The molecule has 3 atom stereocenters. The summed E-state index contributed by atoms with van der Waals surface area (Å²) in [5, 5.41) is 5.78. The molecule has 1 aliphatic heterocycles. The summed E-state index contributed by atoms with van der Waals surface area (Å²) in [6.07, 6.45) is 2.45. The Kier molecular flexibility index (Phi) is 6.36. The van der Waals surface area contributed by atoms with Crippen molar-refractivity contribution in [3.05, 3.63) is 103 Å². The molecule has 1 aliphatic carbocycles. The largest absolute Gasteiger partial charge is 0.346 e. The van der Waals surface area contributed by atoms with Gasteiger partial charge in [-0.15, -0.1) is 0 Å². The predicted molar refractivity (Wildman–Crippen MR) is 139 cm³/mol. The van der Waals surface area contributed by atoms with Gasteiger partial charge in [0.1, 0.15) is 0 Å². The Balaban J connectivity index is 1.30. The lowest BCUT2D eigenvalue weighted by atomic mass is 9.98. The second kappa shape index (κ2) is 9.62. The van der Waals surface area contributed by atoms with Gasteiger partial charge in [-0.3, -0.25) is 13.9 Å². The van der Waals surface area contributed by atoms with Gasteiger partial charge in [0.15, 0.2) is 0 Å². The van der Waals surface area contributed by atoms with Crippen molar-refractivity contribution < 1.29 is 18.0 Å². The Bertz CT molecular complexity index is 1400. The summed E-state index contributed by atoms with van der Waals surface area (Å²) in [6, 6.07) is 23.1.